The molecule has 1 aromatic rings. The van der Waals surface area contributed by atoms with Gasteiger partial charge in [-0.05, 0) is 46.1 Å². The van der Waals surface area contributed by atoms with Crippen LogP contribution in [0.4, 0.5) is 0 Å². The van der Waals surface area contributed by atoms with Crippen LogP contribution >= 0.6 is 0 Å². The number of benzene rings is 1. The van der Waals surface area contributed by atoms with Gasteiger partial charge >= 0.3 is 0 Å². The zero-order valence-electron chi connectivity index (χ0n) is 13.6. The van der Waals surface area contributed by atoms with E-state index in [-0.39, 0.29) is 5.91 Å². The molecule has 0 aromatic heterocycles. The Morgan fingerprint density at radius 1 is 1.14 bits per heavy atom. The Labute approximate surface area is 129 Å². The van der Waals surface area contributed by atoms with Gasteiger partial charge < -0.3 is 15.1 Å². The Balaban J connectivity index is 2.22. The first-order valence-electron chi connectivity index (χ1n) is 7.80. The van der Waals surface area contributed by atoms with Crippen LogP contribution in [0.1, 0.15) is 25.3 Å². The number of rotatable bonds is 10. The third-order valence-electron chi connectivity index (χ3n) is 3.43. The maximum atomic E-state index is 12.2. The summed E-state index contributed by atoms with van der Waals surface area (Å²) in [6, 6.07) is 10.2. The van der Waals surface area contributed by atoms with Crippen molar-refractivity contribution in [2.24, 2.45) is 0 Å². The lowest BCUT2D eigenvalue weighted by Gasteiger charge is -2.21. The summed E-state index contributed by atoms with van der Waals surface area (Å²) < 4.78 is 0. The van der Waals surface area contributed by atoms with Gasteiger partial charge in [0.2, 0.25) is 5.91 Å². The summed E-state index contributed by atoms with van der Waals surface area (Å²) in [5, 5.41) is 3.34. The van der Waals surface area contributed by atoms with Gasteiger partial charge in [-0.2, -0.15) is 0 Å². The maximum absolute atomic E-state index is 12.2. The molecule has 21 heavy (non-hydrogen) atoms. The van der Waals surface area contributed by atoms with E-state index in [1.807, 2.05) is 30.0 Å². The maximum Gasteiger partial charge on any atom is 0.224 e. The summed E-state index contributed by atoms with van der Waals surface area (Å²) in [6.07, 6.45) is 1.69. The smallest absolute Gasteiger partial charge is 0.224 e. The Kier molecular flexibility index (Phi) is 8.71. The average Bonchev–Trinajstić information content (AvgIpc) is 2.48. The van der Waals surface area contributed by atoms with Crippen molar-refractivity contribution in [3.63, 3.8) is 0 Å². The van der Waals surface area contributed by atoms with E-state index in [4.69, 9.17) is 0 Å². The minimum Gasteiger partial charge on any atom is -0.339 e. The Morgan fingerprint density at radius 3 is 2.48 bits per heavy atom. The minimum atomic E-state index is 0.224. The van der Waals surface area contributed by atoms with Crippen LogP contribution in [0.25, 0.3) is 0 Å². The summed E-state index contributed by atoms with van der Waals surface area (Å²) in [5.74, 6) is 0.224. The number of amides is 1. The van der Waals surface area contributed by atoms with Gasteiger partial charge in [-0.3, -0.25) is 4.79 Å². The molecule has 4 nitrogen and oxygen atoms in total. The Bertz CT molecular complexity index is 392. The highest BCUT2D eigenvalue weighted by Gasteiger charge is 2.11. The number of hydrogen-bond acceptors (Lipinski definition) is 3. The number of carbonyl (C=O) groups excluding carboxylic acids is 1. The quantitative estimate of drug-likeness (QED) is 0.670. The molecule has 0 spiro atoms. The van der Waals surface area contributed by atoms with Crippen molar-refractivity contribution in [1.82, 2.24) is 15.1 Å². The third-order valence-corrected chi connectivity index (χ3v) is 3.43. The van der Waals surface area contributed by atoms with Gasteiger partial charge in [-0.1, -0.05) is 30.3 Å². The highest BCUT2D eigenvalue weighted by molar-refractivity contribution is 5.76. The van der Waals surface area contributed by atoms with Crippen molar-refractivity contribution >= 4 is 5.91 Å². The van der Waals surface area contributed by atoms with E-state index in [1.54, 1.807) is 0 Å². The van der Waals surface area contributed by atoms with Crippen molar-refractivity contribution in [3.05, 3.63) is 35.9 Å². The van der Waals surface area contributed by atoms with Crippen molar-refractivity contribution in [1.29, 1.82) is 0 Å². The number of nitrogens with zero attached hydrogens (tertiary/aromatic N) is 2. The Hall–Kier alpha value is -1.39. The second-order valence-electron chi connectivity index (χ2n) is 5.55. The van der Waals surface area contributed by atoms with Crippen LogP contribution in [0.2, 0.25) is 0 Å². The van der Waals surface area contributed by atoms with Gasteiger partial charge in [0.05, 0.1) is 0 Å². The molecular formula is C17H29N3O. The largest absolute Gasteiger partial charge is 0.339 e. The first kappa shape index (κ1) is 17.7. The van der Waals surface area contributed by atoms with Gasteiger partial charge in [0.15, 0.2) is 0 Å². The van der Waals surface area contributed by atoms with E-state index in [0.29, 0.717) is 13.0 Å². The molecule has 0 aliphatic rings. The molecule has 0 fully saturated rings. The lowest BCUT2D eigenvalue weighted by atomic mass is 10.2. The number of nitrogens with one attached hydrogen (secondary N) is 1. The Morgan fingerprint density at radius 2 is 1.86 bits per heavy atom. The summed E-state index contributed by atoms with van der Waals surface area (Å²) in [6.45, 7) is 6.31. The first-order valence-corrected chi connectivity index (χ1v) is 7.80. The van der Waals surface area contributed by atoms with Crippen molar-refractivity contribution in [2.45, 2.75) is 26.3 Å². The zero-order chi connectivity index (χ0) is 15.5. The molecule has 0 unspecified atom stereocenters. The second-order valence-corrected chi connectivity index (χ2v) is 5.55. The molecule has 118 valence electrons. The van der Waals surface area contributed by atoms with Crippen LogP contribution in [0, 0.1) is 0 Å². The predicted octanol–water partition coefficient (Wildman–Crippen LogP) is 1.97. The van der Waals surface area contributed by atoms with Gasteiger partial charge in [-0.15, -0.1) is 0 Å². The molecule has 0 radical (unpaired) electrons. The van der Waals surface area contributed by atoms with E-state index < -0.39 is 0 Å². The molecule has 0 heterocycles. The standard InChI is InChI=1S/C17H29N3O/c1-4-20(15-16-9-6-5-7-10-16)17(21)11-13-18-12-8-14-19(2)3/h5-7,9-10,18H,4,8,11-15H2,1-3H3. The highest BCUT2D eigenvalue weighted by atomic mass is 16.2. The van der Waals surface area contributed by atoms with Crippen LogP contribution in [-0.4, -0.2) is 56.0 Å². The molecule has 1 amide bonds. The van der Waals surface area contributed by atoms with Gasteiger partial charge in [0.1, 0.15) is 0 Å². The van der Waals surface area contributed by atoms with Gasteiger partial charge in [0.25, 0.3) is 0 Å². The van der Waals surface area contributed by atoms with Crippen LogP contribution < -0.4 is 5.32 Å². The zero-order valence-corrected chi connectivity index (χ0v) is 13.6. The average molecular weight is 291 g/mol. The van der Waals surface area contributed by atoms with E-state index in [1.165, 1.54) is 5.56 Å². The fourth-order valence-corrected chi connectivity index (χ4v) is 2.18. The predicted molar refractivity (Wildman–Crippen MR) is 88.2 cm³/mol. The van der Waals surface area contributed by atoms with Gasteiger partial charge in [-0.25, -0.2) is 0 Å². The highest BCUT2D eigenvalue weighted by Crippen LogP contribution is 2.05. The van der Waals surface area contributed by atoms with E-state index in [9.17, 15) is 4.79 Å². The van der Waals surface area contributed by atoms with Crippen molar-refractivity contribution in [2.75, 3.05) is 40.3 Å². The molecule has 4 heteroatoms. The van der Waals surface area contributed by atoms with E-state index in [0.717, 1.165) is 32.6 Å². The van der Waals surface area contributed by atoms with Crippen LogP contribution in [0.3, 0.4) is 0 Å². The summed E-state index contributed by atoms with van der Waals surface area (Å²) in [7, 11) is 4.15. The molecule has 0 atom stereocenters. The number of carbonyl (C=O) groups is 1. The summed E-state index contributed by atoms with van der Waals surface area (Å²) in [5.41, 5.74) is 1.19. The van der Waals surface area contributed by atoms with Crippen LogP contribution in [0.5, 0.6) is 0 Å². The molecule has 0 aliphatic heterocycles. The topological polar surface area (TPSA) is 35.6 Å². The lowest BCUT2D eigenvalue weighted by Crippen LogP contribution is -2.33. The molecule has 1 aromatic carbocycles. The lowest BCUT2D eigenvalue weighted by molar-refractivity contribution is -0.131. The molecule has 1 rings (SSSR count). The SMILES string of the molecule is CCN(Cc1ccccc1)C(=O)CCNCCCN(C)C. The summed E-state index contributed by atoms with van der Waals surface area (Å²) in [4.78, 5) is 16.3. The molecule has 0 aliphatic carbocycles. The van der Waals surface area contributed by atoms with Crippen molar-refractivity contribution in [3.8, 4) is 0 Å². The fraction of sp³-hybridized carbons (Fsp3) is 0.588. The summed E-state index contributed by atoms with van der Waals surface area (Å²) >= 11 is 0. The van der Waals surface area contributed by atoms with Crippen LogP contribution in [-0.2, 0) is 11.3 Å². The second kappa shape index (κ2) is 10.4. The monoisotopic (exact) mass is 291 g/mol. The number of hydrogen-bond donors (Lipinski definition) is 1. The molecule has 0 saturated heterocycles. The first-order chi connectivity index (χ1) is 10.1. The van der Waals surface area contributed by atoms with Crippen LogP contribution in [0.15, 0.2) is 30.3 Å². The van der Waals surface area contributed by atoms with E-state index in [2.05, 4.69) is 36.4 Å². The molecular weight excluding hydrogens is 262 g/mol. The van der Waals surface area contributed by atoms with Gasteiger partial charge in [0, 0.05) is 26.1 Å². The minimum absolute atomic E-state index is 0.224. The fourth-order valence-electron chi connectivity index (χ4n) is 2.18. The molecule has 0 saturated carbocycles. The van der Waals surface area contributed by atoms with Crippen molar-refractivity contribution < 1.29 is 4.79 Å². The normalized spacial score (nSPS) is 10.9. The molecule has 0 bridgehead atoms. The third kappa shape index (κ3) is 7.83. The molecule has 1 N–H and O–H groups in total. The van der Waals surface area contributed by atoms with E-state index >= 15 is 0 Å².